The van der Waals surface area contributed by atoms with Crippen molar-refractivity contribution in [2.45, 2.75) is 33.4 Å². The topological polar surface area (TPSA) is 122 Å². The summed E-state index contributed by atoms with van der Waals surface area (Å²) in [4.78, 5) is 43.1. The van der Waals surface area contributed by atoms with Gasteiger partial charge in [0.25, 0.3) is 11.2 Å². The molecule has 1 atom stereocenters. The molecule has 5 rings (SSSR count). The van der Waals surface area contributed by atoms with Gasteiger partial charge in [-0.1, -0.05) is 23.5 Å². The van der Waals surface area contributed by atoms with Crippen LogP contribution in [0.2, 0.25) is 0 Å². The van der Waals surface area contributed by atoms with Gasteiger partial charge in [0.15, 0.2) is 16.3 Å². The van der Waals surface area contributed by atoms with Gasteiger partial charge in [-0.25, -0.2) is 9.79 Å². The minimum absolute atomic E-state index is 0.0115. The molecule has 0 radical (unpaired) electrons. The quantitative estimate of drug-likeness (QED) is 0.145. The summed E-state index contributed by atoms with van der Waals surface area (Å²) in [5.74, 6) is 0.510. The van der Waals surface area contributed by atoms with E-state index < -0.39 is 16.9 Å². The summed E-state index contributed by atoms with van der Waals surface area (Å²) in [5.41, 5.74) is 2.12. The predicted molar refractivity (Wildman–Crippen MR) is 160 cm³/mol. The van der Waals surface area contributed by atoms with Gasteiger partial charge < -0.3 is 14.2 Å². The first-order valence-electron chi connectivity index (χ1n) is 13.2. The summed E-state index contributed by atoms with van der Waals surface area (Å²) in [5, 5.41) is 12.8. The van der Waals surface area contributed by atoms with Crippen LogP contribution in [0.4, 0.5) is 5.69 Å². The van der Waals surface area contributed by atoms with Gasteiger partial charge in [-0.3, -0.25) is 19.5 Å². The van der Waals surface area contributed by atoms with Crippen LogP contribution in [-0.2, 0) is 16.1 Å². The summed E-state index contributed by atoms with van der Waals surface area (Å²) < 4.78 is 19.1. The molecule has 0 spiro atoms. The van der Waals surface area contributed by atoms with Crippen molar-refractivity contribution in [2.75, 3.05) is 13.2 Å². The smallest absolute Gasteiger partial charge is 0.338 e. The van der Waals surface area contributed by atoms with Crippen molar-refractivity contribution in [2.24, 2.45) is 4.99 Å². The molecule has 2 aromatic carbocycles. The van der Waals surface area contributed by atoms with Crippen molar-refractivity contribution in [3.8, 4) is 11.5 Å². The van der Waals surface area contributed by atoms with Crippen LogP contribution in [0.3, 0.4) is 0 Å². The van der Waals surface area contributed by atoms with Gasteiger partial charge in [0, 0.05) is 17.0 Å². The number of thiazole rings is 1. The van der Waals surface area contributed by atoms with E-state index in [-0.39, 0.29) is 24.5 Å². The molecule has 0 unspecified atom stereocenters. The van der Waals surface area contributed by atoms with Crippen LogP contribution in [0.15, 0.2) is 81.0 Å². The number of allylic oxidation sites excluding steroid dienone is 1. The zero-order chi connectivity index (χ0) is 29.8. The lowest BCUT2D eigenvalue weighted by Gasteiger charge is -2.23. The second kappa shape index (κ2) is 12.5. The van der Waals surface area contributed by atoms with Crippen molar-refractivity contribution in [3.05, 3.63) is 117 Å². The minimum atomic E-state index is -0.628. The average Bonchev–Trinajstić information content (AvgIpc) is 3.61. The number of ether oxygens (including phenoxy) is 3. The van der Waals surface area contributed by atoms with Gasteiger partial charge >= 0.3 is 5.97 Å². The van der Waals surface area contributed by atoms with E-state index in [4.69, 9.17) is 14.2 Å². The Labute approximate surface area is 248 Å². The number of aromatic nitrogens is 1. The average molecular weight is 606 g/mol. The molecule has 0 N–H and O–H groups in total. The van der Waals surface area contributed by atoms with E-state index in [2.05, 4.69) is 4.99 Å². The van der Waals surface area contributed by atoms with Crippen LogP contribution >= 0.6 is 22.7 Å². The van der Waals surface area contributed by atoms with E-state index in [1.807, 2.05) is 30.5 Å². The van der Waals surface area contributed by atoms with Gasteiger partial charge in [-0.2, -0.15) is 0 Å². The third-order valence-electron chi connectivity index (χ3n) is 6.44. The van der Waals surface area contributed by atoms with Crippen molar-refractivity contribution < 1.29 is 23.9 Å². The van der Waals surface area contributed by atoms with Crippen molar-refractivity contribution >= 4 is 40.4 Å². The Morgan fingerprint density at radius 2 is 1.88 bits per heavy atom. The Balaban J connectivity index is 1.49. The summed E-state index contributed by atoms with van der Waals surface area (Å²) in [6, 6.07) is 14.7. The molecule has 1 aliphatic rings. The van der Waals surface area contributed by atoms with E-state index in [9.17, 15) is 19.7 Å². The van der Waals surface area contributed by atoms with E-state index >= 15 is 0 Å². The number of carbonyl (C=O) groups is 1. The molecule has 0 fully saturated rings. The normalized spacial score (nSPS) is 14.7. The van der Waals surface area contributed by atoms with Crippen LogP contribution in [-0.4, -0.2) is 28.7 Å². The minimum Gasteiger partial charge on any atom is -0.490 e. The maximum atomic E-state index is 13.8. The van der Waals surface area contributed by atoms with E-state index in [0.717, 1.165) is 16.0 Å². The molecule has 42 heavy (non-hydrogen) atoms. The highest BCUT2D eigenvalue weighted by Gasteiger charge is 2.33. The molecule has 0 amide bonds. The number of nitro benzene ring substituents is 1. The summed E-state index contributed by atoms with van der Waals surface area (Å²) >= 11 is 2.71. The number of rotatable bonds is 10. The highest BCUT2D eigenvalue weighted by molar-refractivity contribution is 7.10. The standard InChI is InChI=1S/C30H27N3O7S2/c1-4-38-23-15-20(10-13-22(23)40-17-19-8-11-21(12-9-19)33(36)37)16-25-28(34)32-27(24-7-6-14-41-24)26(29(35)39-5-2)18(3)31-30(32)42-25/h6-16,27H,4-5,17H2,1-3H3/b25-16-/t27-/m1/s1. The zero-order valence-corrected chi connectivity index (χ0v) is 24.7. The third-order valence-corrected chi connectivity index (χ3v) is 8.34. The summed E-state index contributed by atoms with van der Waals surface area (Å²) in [7, 11) is 0. The summed E-state index contributed by atoms with van der Waals surface area (Å²) in [6.07, 6.45) is 1.77. The van der Waals surface area contributed by atoms with E-state index in [0.29, 0.717) is 38.7 Å². The number of hydrogen-bond acceptors (Lipinski definition) is 10. The molecule has 0 aliphatic carbocycles. The number of nitrogens with zero attached hydrogens (tertiary/aromatic N) is 3. The highest BCUT2D eigenvalue weighted by Crippen LogP contribution is 2.33. The largest absolute Gasteiger partial charge is 0.490 e. The number of fused-ring (bicyclic) bond motifs is 1. The molecule has 1 aliphatic heterocycles. The Morgan fingerprint density at radius 1 is 1.10 bits per heavy atom. The second-order valence-electron chi connectivity index (χ2n) is 9.17. The van der Waals surface area contributed by atoms with Crippen LogP contribution in [0.5, 0.6) is 11.5 Å². The van der Waals surface area contributed by atoms with Crippen LogP contribution < -0.4 is 24.4 Å². The van der Waals surface area contributed by atoms with Gasteiger partial charge in [-0.15, -0.1) is 11.3 Å². The second-order valence-corrected chi connectivity index (χ2v) is 11.2. The maximum absolute atomic E-state index is 13.8. The highest BCUT2D eigenvalue weighted by atomic mass is 32.1. The van der Waals surface area contributed by atoms with Gasteiger partial charge in [0.05, 0.1) is 33.9 Å². The zero-order valence-electron chi connectivity index (χ0n) is 23.1. The number of nitro groups is 1. The number of non-ortho nitro benzene ring substituents is 1. The molecule has 10 nitrogen and oxygen atoms in total. The Bertz CT molecular complexity index is 1840. The first kappa shape index (κ1) is 29.0. The van der Waals surface area contributed by atoms with Crippen LogP contribution in [0.1, 0.15) is 42.8 Å². The first-order valence-corrected chi connectivity index (χ1v) is 14.9. The monoisotopic (exact) mass is 605 g/mol. The molecule has 0 bridgehead atoms. The number of esters is 1. The fraction of sp³-hybridized carbons (Fsp3) is 0.233. The van der Waals surface area contributed by atoms with Crippen molar-refractivity contribution in [3.63, 3.8) is 0 Å². The van der Waals surface area contributed by atoms with Crippen LogP contribution in [0.25, 0.3) is 6.08 Å². The van der Waals surface area contributed by atoms with Crippen molar-refractivity contribution in [1.29, 1.82) is 0 Å². The molecular formula is C30H27N3O7S2. The molecule has 0 saturated carbocycles. The molecular weight excluding hydrogens is 578 g/mol. The van der Waals surface area contributed by atoms with Gasteiger partial charge in [-0.05, 0) is 73.7 Å². The maximum Gasteiger partial charge on any atom is 0.338 e. The molecule has 3 heterocycles. The fourth-order valence-electron chi connectivity index (χ4n) is 4.54. The molecule has 216 valence electrons. The van der Waals surface area contributed by atoms with Crippen LogP contribution in [0, 0.1) is 10.1 Å². The fourth-order valence-corrected chi connectivity index (χ4v) is 6.41. The SMILES string of the molecule is CCOC(=O)C1=C(C)N=c2s/c(=C\c3ccc(OCc4ccc([N+](=O)[O-])cc4)c(OCC)c3)c(=O)n2[C@@H]1c1cccs1. The van der Waals surface area contributed by atoms with E-state index in [1.165, 1.54) is 34.8 Å². The number of carbonyl (C=O) groups excluding carboxylic acids is 1. The predicted octanol–water partition coefficient (Wildman–Crippen LogP) is 4.75. The Morgan fingerprint density at radius 3 is 2.55 bits per heavy atom. The number of thiophene rings is 1. The molecule has 2 aromatic heterocycles. The molecule has 4 aromatic rings. The lowest BCUT2D eigenvalue weighted by Crippen LogP contribution is -2.39. The van der Waals surface area contributed by atoms with E-state index in [1.54, 1.807) is 48.8 Å². The van der Waals surface area contributed by atoms with Gasteiger partial charge in [0.2, 0.25) is 0 Å². The Kier molecular flexibility index (Phi) is 8.64. The first-order chi connectivity index (χ1) is 20.3. The molecule has 0 saturated heterocycles. The lowest BCUT2D eigenvalue weighted by atomic mass is 10.0. The lowest BCUT2D eigenvalue weighted by molar-refractivity contribution is -0.384. The van der Waals surface area contributed by atoms with Crippen molar-refractivity contribution in [1.82, 2.24) is 4.57 Å². The number of hydrogen-bond donors (Lipinski definition) is 0. The number of benzene rings is 2. The third kappa shape index (κ3) is 5.90. The van der Waals surface area contributed by atoms with Gasteiger partial charge in [0.1, 0.15) is 12.6 Å². The summed E-state index contributed by atoms with van der Waals surface area (Å²) in [6.45, 7) is 6.17. The Hall–Kier alpha value is -4.55. The molecule has 12 heteroatoms.